The molecule has 0 aliphatic carbocycles. The van der Waals surface area contributed by atoms with Gasteiger partial charge < -0.3 is 5.11 Å². The molecular formula is C11H10BrClO4S. The van der Waals surface area contributed by atoms with Crippen molar-refractivity contribution < 1.29 is 18.3 Å². The number of hydrogen-bond acceptors (Lipinski definition) is 3. The van der Waals surface area contributed by atoms with Crippen LogP contribution in [0.25, 0.3) is 0 Å². The molecule has 0 amide bonds. The van der Waals surface area contributed by atoms with Crippen molar-refractivity contribution in [3.05, 3.63) is 39.3 Å². The number of rotatable bonds is 4. The first kappa shape index (κ1) is 15.2. The fourth-order valence-corrected chi connectivity index (χ4v) is 4.12. The Hall–Kier alpha value is -0.850. The van der Waals surface area contributed by atoms with Crippen LogP contribution in [-0.4, -0.2) is 25.2 Å². The molecule has 1 aromatic rings. The maximum Gasteiger partial charge on any atom is 0.336 e. The minimum Gasteiger partial charge on any atom is -0.478 e. The molecule has 0 spiro atoms. The Labute approximate surface area is 118 Å². The number of hydrogen-bond donors (Lipinski definition) is 1. The smallest absolute Gasteiger partial charge is 0.336 e. The summed E-state index contributed by atoms with van der Waals surface area (Å²) in [6.45, 7) is 4.90. The molecule has 98 valence electrons. The Balaban J connectivity index is 3.51. The lowest BCUT2D eigenvalue weighted by atomic mass is 10.1. The number of carboxylic acids is 1. The van der Waals surface area contributed by atoms with Gasteiger partial charge in [0.15, 0.2) is 9.84 Å². The lowest BCUT2D eigenvalue weighted by Crippen LogP contribution is -2.11. The second kappa shape index (κ2) is 5.42. The molecule has 0 radical (unpaired) electrons. The minimum absolute atomic E-state index is 0.0664. The summed E-state index contributed by atoms with van der Waals surface area (Å²) >= 11 is 8.72. The second-order valence-electron chi connectivity index (χ2n) is 3.66. The van der Waals surface area contributed by atoms with Gasteiger partial charge in [-0.1, -0.05) is 34.1 Å². The van der Waals surface area contributed by atoms with Gasteiger partial charge in [-0.15, -0.1) is 0 Å². The number of carbonyl (C=O) groups is 1. The van der Waals surface area contributed by atoms with E-state index in [0.29, 0.717) is 4.48 Å². The van der Waals surface area contributed by atoms with Gasteiger partial charge >= 0.3 is 5.97 Å². The molecule has 0 fully saturated rings. The average Bonchev–Trinajstić information content (AvgIpc) is 2.18. The van der Waals surface area contributed by atoms with E-state index in [1.807, 2.05) is 0 Å². The highest BCUT2D eigenvalue weighted by molar-refractivity contribution is 9.11. The Morgan fingerprint density at radius 1 is 1.50 bits per heavy atom. The number of benzene rings is 1. The van der Waals surface area contributed by atoms with E-state index in [-0.39, 0.29) is 26.8 Å². The van der Waals surface area contributed by atoms with Crippen LogP contribution in [0.5, 0.6) is 0 Å². The number of sulfone groups is 1. The van der Waals surface area contributed by atoms with Gasteiger partial charge in [-0.05, 0) is 24.6 Å². The van der Waals surface area contributed by atoms with E-state index in [9.17, 15) is 13.2 Å². The molecule has 4 nitrogen and oxygen atoms in total. The van der Waals surface area contributed by atoms with E-state index < -0.39 is 15.8 Å². The van der Waals surface area contributed by atoms with Gasteiger partial charge in [0.05, 0.1) is 16.2 Å². The Morgan fingerprint density at radius 3 is 2.50 bits per heavy atom. The molecule has 7 heteroatoms. The molecular weight excluding hydrogens is 344 g/mol. The first-order chi connectivity index (χ1) is 8.15. The molecule has 0 aromatic heterocycles. The SMILES string of the molecule is C=C(Br)CS(=O)(=O)c1cc(Cl)cc(C(=O)O)c1C. The summed E-state index contributed by atoms with van der Waals surface area (Å²) in [6.07, 6.45) is 0. The fourth-order valence-electron chi connectivity index (χ4n) is 1.48. The third-order valence-electron chi connectivity index (χ3n) is 2.24. The number of aromatic carboxylic acids is 1. The summed E-state index contributed by atoms with van der Waals surface area (Å²) in [5, 5.41) is 9.05. The average molecular weight is 354 g/mol. The van der Waals surface area contributed by atoms with Crippen LogP contribution in [0.3, 0.4) is 0 Å². The first-order valence-electron chi connectivity index (χ1n) is 4.74. The van der Waals surface area contributed by atoms with Crippen LogP contribution in [0.2, 0.25) is 5.02 Å². The van der Waals surface area contributed by atoms with Crippen LogP contribution in [0.15, 0.2) is 28.1 Å². The monoisotopic (exact) mass is 352 g/mol. The van der Waals surface area contributed by atoms with Crippen molar-refractivity contribution in [3.63, 3.8) is 0 Å². The van der Waals surface area contributed by atoms with E-state index in [4.69, 9.17) is 16.7 Å². The lowest BCUT2D eigenvalue weighted by Gasteiger charge is -2.10. The summed E-state index contributed by atoms with van der Waals surface area (Å²) in [5.41, 5.74) is 0.0434. The van der Waals surface area contributed by atoms with Crippen molar-refractivity contribution in [2.24, 2.45) is 0 Å². The fraction of sp³-hybridized carbons (Fsp3) is 0.182. The van der Waals surface area contributed by atoms with Crippen LogP contribution in [0, 0.1) is 6.92 Å². The normalized spacial score (nSPS) is 11.3. The molecule has 18 heavy (non-hydrogen) atoms. The summed E-state index contributed by atoms with van der Waals surface area (Å²) in [6, 6.07) is 2.47. The molecule has 0 saturated carbocycles. The molecule has 1 N–H and O–H groups in total. The van der Waals surface area contributed by atoms with Crippen molar-refractivity contribution in [2.45, 2.75) is 11.8 Å². The van der Waals surface area contributed by atoms with E-state index in [0.717, 1.165) is 0 Å². The second-order valence-corrected chi connectivity index (χ2v) is 7.17. The molecule has 0 unspecified atom stereocenters. The summed E-state index contributed by atoms with van der Waals surface area (Å²) in [5.74, 6) is -1.53. The van der Waals surface area contributed by atoms with Crippen molar-refractivity contribution in [2.75, 3.05) is 5.75 Å². The molecule has 0 aliphatic heterocycles. The third kappa shape index (κ3) is 3.34. The van der Waals surface area contributed by atoms with Crippen LogP contribution in [-0.2, 0) is 9.84 Å². The van der Waals surface area contributed by atoms with Crippen molar-refractivity contribution in [3.8, 4) is 0 Å². The van der Waals surface area contributed by atoms with Crippen LogP contribution >= 0.6 is 27.5 Å². The van der Waals surface area contributed by atoms with Crippen molar-refractivity contribution >= 4 is 43.3 Å². The number of carboxylic acid groups (broad SMARTS) is 1. The molecule has 0 heterocycles. The standard InChI is InChI=1S/C11H10BrClO4S/c1-6(12)5-18(16,17)10-4-8(13)3-9(7(10)2)11(14)15/h3-4H,1,5H2,2H3,(H,14,15). The van der Waals surface area contributed by atoms with Gasteiger partial charge in [-0.3, -0.25) is 0 Å². The van der Waals surface area contributed by atoms with Crippen LogP contribution in [0.4, 0.5) is 0 Å². The quantitative estimate of drug-likeness (QED) is 0.903. The predicted molar refractivity (Wildman–Crippen MR) is 73.3 cm³/mol. The topological polar surface area (TPSA) is 71.4 Å². The molecule has 1 rings (SSSR count). The number of halogens is 2. The highest BCUT2D eigenvalue weighted by atomic mass is 79.9. The molecule has 0 saturated heterocycles. The van der Waals surface area contributed by atoms with E-state index >= 15 is 0 Å². The Morgan fingerprint density at radius 2 is 2.06 bits per heavy atom. The highest BCUT2D eigenvalue weighted by Gasteiger charge is 2.22. The molecule has 0 aliphatic rings. The van der Waals surface area contributed by atoms with Gasteiger partial charge in [0.1, 0.15) is 0 Å². The van der Waals surface area contributed by atoms with Crippen molar-refractivity contribution in [1.82, 2.24) is 0 Å². The first-order valence-corrected chi connectivity index (χ1v) is 7.57. The third-order valence-corrected chi connectivity index (χ3v) is 4.93. The molecule has 0 atom stereocenters. The lowest BCUT2D eigenvalue weighted by molar-refractivity contribution is 0.0696. The highest BCUT2D eigenvalue weighted by Crippen LogP contribution is 2.26. The maximum absolute atomic E-state index is 12.0. The van der Waals surface area contributed by atoms with E-state index in [2.05, 4.69) is 22.5 Å². The Kier molecular flexibility index (Phi) is 4.58. The van der Waals surface area contributed by atoms with Gasteiger partial charge in [0.2, 0.25) is 0 Å². The summed E-state index contributed by atoms with van der Waals surface area (Å²) in [4.78, 5) is 10.9. The zero-order valence-electron chi connectivity index (χ0n) is 9.41. The van der Waals surface area contributed by atoms with Gasteiger partial charge in [0.25, 0.3) is 0 Å². The van der Waals surface area contributed by atoms with Gasteiger partial charge in [-0.25, -0.2) is 13.2 Å². The minimum atomic E-state index is -3.66. The largest absolute Gasteiger partial charge is 0.478 e. The summed E-state index contributed by atoms with van der Waals surface area (Å²) in [7, 11) is -3.66. The van der Waals surface area contributed by atoms with E-state index in [1.54, 1.807) is 0 Å². The zero-order chi connectivity index (χ0) is 14.1. The van der Waals surface area contributed by atoms with Crippen LogP contribution in [0.1, 0.15) is 15.9 Å². The van der Waals surface area contributed by atoms with Crippen molar-refractivity contribution in [1.29, 1.82) is 0 Å². The predicted octanol–water partition coefficient (Wildman–Crippen LogP) is 3.03. The van der Waals surface area contributed by atoms with E-state index in [1.165, 1.54) is 19.1 Å². The molecule has 1 aromatic carbocycles. The zero-order valence-corrected chi connectivity index (χ0v) is 12.6. The maximum atomic E-state index is 12.0. The van der Waals surface area contributed by atoms with Crippen LogP contribution < -0.4 is 0 Å². The Bertz CT molecular complexity index is 622. The van der Waals surface area contributed by atoms with Gasteiger partial charge in [0, 0.05) is 9.51 Å². The molecule has 0 bridgehead atoms. The van der Waals surface area contributed by atoms with Gasteiger partial charge in [-0.2, -0.15) is 0 Å². The summed E-state index contributed by atoms with van der Waals surface area (Å²) < 4.78 is 24.4.